The first kappa shape index (κ1) is 15.9. The minimum absolute atomic E-state index is 0.0400. The highest BCUT2D eigenvalue weighted by molar-refractivity contribution is 6.04. The Morgan fingerprint density at radius 3 is 2.62 bits per heavy atom. The average molecular weight is 336 g/mol. The van der Waals surface area contributed by atoms with Crippen LogP contribution in [0.2, 0.25) is 0 Å². The van der Waals surface area contributed by atoms with Crippen molar-refractivity contribution in [2.24, 2.45) is 0 Å². The Labute approximate surface area is 133 Å². The van der Waals surface area contributed by atoms with Gasteiger partial charge in [0, 0.05) is 11.6 Å². The predicted molar refractivity (Wildman–Crippen MR) is 80.9 cm³/mol. The molecule has 1 N–H and O–H groups in total. The standard InChI is InChI=1S/C16H11F3N2O3/c17-16(18,19)9-21-7-3-5-11(15(21)23)20-14(22)13-8-10-4-1-2-6-12(10)24-13/h1-8H,9H2,(H,20,22). The molecule has 0 saturated heterocycles. The van der Waals surface area contributed by atoms with Gasteiger partial charge >= 0.3 is 6.18 Å². The van der Waals surface area contributed by atoms with Gasteiger partial charge in [-0.1, -0.05) is 18.2 Å². The second kappa shape index (κ2) is 5.88. The zero-order chi connectivity index (χ0) is 17.3. The number of anilines is 1. The fourth-order valence-electron chi connectivity index (χ4n) is 2.23. The number of fused-ring (bicyclic) bond motifs is 1. The van der Waals surface area contributed by atoms with Gasteiger partial charge in [0.1, 0.15) is 17.8 Å². The molecule has 0 saturated carbocycles. The Kier molecular flexibility index (Phi) is 3.88. The molecule has 0 unspecified atom stereocenters. The fraction of sp³-hybridized carbons (Fsp3) is 0.125. The zero-order valence-corrected chi connectivity index (χ0v) is 12.1. The van der Waals surface area contributed by atoms with Gasteiger partial charge in [-0.2, -0.15) is 13.2 Å². The molecule has 0 aliphatic carbocycles. The summed E-state index contributed by atoms with van der Waals surface area (Å²) in [6.07, 6.45) is -3.53. The van der Waals surface area contributed by atoms with Crippen LogP contribution in [0, 0.1) is 0 Å². The van der Waals surface area contributed by atoms with E-state index >= 15 is 0 Å². The summed E-state index contributed by atoms with van der Waals surface area (Å²) in [5.41, 5.74) is -0.711. The van der Waals surface area contributed by atoms with Gasteiger partial charge in [0.05, 0.1) is 0 Å². The molecule has 0 radical (unpaired) electrons. The Bertz CT molecular complexity index is 924. The van der Waals surface area contributed by atoms with E-state index in [1.165, 1.54) is 18.2 Å². The van der Waals surface area contributed by atoms with E-state index in [1.54, 1.807) is 24.3 Å². The molecule has 0 aliphatic heterocycles. The molecule has 2 aromatic heterocycles. The van der Waals surface area contributed by atoms with Crippen molar-refractivity contribution in [2.75, 3.05) is 5.32 Å². The van der Waals surface area contributed by atoms with Gasteiger partial charge < -0.3 is 14.3 Å². The number of hydrogen-bond donors (Lipinski definition) is 1. The van der Waals surface area contributed by atoms with Crippen molar-refractivity contribution in [3.8, 4) is 0 Å². The van der Waals surface area contributed by atoms with Crippen LogP contribution in [-0.4, -0.2) is 16.7 Å². The molecule has 124 valence electrons. The number of para-hydroxylation sites is 1. The number of nitrogens with zero attached hydrogens (tertiary/aromatic N) is 1. The molecule has 0 atom stereocenters. The molecular weight excluding hydrogens is 325 g/mol. The van der Waals surface area contributed by atoms with E-state index in [2.05, 4.69) is 5.32 Å². The van der Waals surface area contributed by atoms with Crippen molar-refractivity contribution in [1.82, 2.24) is 4.57 Å². The lowest BCUT2D eigenvalue weighted by Gasteiger charge is -2.10. The van der Waals surface area contributed by atoms with Crippen molar-refractivity contribution in [3.63, 3.8) is 0 Å². The quantitative estimate of drug-likeness (QED) is 0.797. The Hall–Kier alpha value is -3.03. The highest BCUT2D eigenvalue weighted by Gasteiger charge is 2.28. The molecule has 8 heteroatoms. The van der Waals surface area contributed by atoms with Gasteiger partial charge in [-0.05, 0) is 24.3 Å². The molecule has 5 nitrogen and oxygen atoms in total. The third-order valence-electron chi connectivity index (χ3n) is 3.27. The average Bonchev–Trinajstić information content (AvgIpc) is 2.94. The zero-order valence-electron chi connectivity index (χ0n) is 12.1. The van der Waals surface area contributed by atoms with Gasteiger partial charge in [-0.15, -0.1) is 0 Å². The summed E-state index contributed by atoms with van der Waals surface area (Å²) in [5, 5.41) is 2.98. The number of halogens is 3. The molecule has 3 rings (SSSR count). The smallest absolute Gasteiger partial charge is 0.406 e. The summed E-state index contributed by atoms with van der Waals surface area (Å²) < 4.78 is 43.1. The number of aromatic nitrogens is 1. The van der Waals surface area contributed by atoms with E-state index in [-0.39, 0.29) is 11.4 Å². The van der Waals surface area contributed by atoms with Gasteiger partial charge in [0.25, 0.3) is 11.5 Å². The van der Waals surface area contributed by atoms with Crippen molar-refractivity contribution < 1.29 is 22.4 Å². The van der Waals surface area contributed by atoms with Crippen molar-refractivity contribution in [2.45, 2.75) is 12.7 Å². The molecule has 24 heavy (non-hydrogen) atoms. The maximum absolute atomic E-state index is 12.4. The molecule has 0 bridgehead atoms. The lowest BCUT2D eigenvalue weighted by Crippen LogP contribution is -2.30. The Morgan fingerprint density at radius 1 is 1.17 bits per heavy atom. The normalized spacial score (nSPS) is 11.6. The lowest BCUT2D eigenvalue weighted by atomic mass is 10.2. The maximum atomic E-state index is 12.4. The SMILES string of the molecule is O=C(Nc1cccn(CC(F)(F)F)c1=O)c1cc2ccccc2o1. The number of pyridine rings is 1. The highest BCUT2D eigenvalue weighted by atomic mass is 19.4. The number of carbonyl (C=O) groups excluding carboxylic acids is 1. The van der Waals surface area contributed by atoms with Crippen LogP contribution in [0.3, 0.4) is 0 Å². The number of hydrogen-bond acceptors (Lipinski definition) is 3. The van der Waals surface area contributed by atoms with E-state index in [4.69, 9.17) is 4.42 Å². The third-order valence-corrected chi connectivity index (χ3v) is 3.27. The van der Waals surface area contributed by atoms with Crippen molar-refractivity contribution in [3.05, 3.63) is 64.8 Å². The monoisotopic (exact) mass is 336 g/mol. The summed E-state index contributed by atoms with van der Waals surface area (Å²) in [6, 6.07) is 10.9. The first-order chi connectivity index (χ1) is 11.3. The number of alkyl halides is 3. The van der Waals surface area contributed by atoms with Gasteiger partial charge in [0.15, 0.2) is 5.76 Å². The van der Waals surface area contributed by atoms with E-state index in [0.29, 0.717) is 15.5 Å². The second-order valence-corrected chi connectivity index (χ2v) is 5.07. The second-order valence-electron chi connectivity index (χ2n) is 5.07. The van der Waals surface area contributed by atoms with Crippen molar-refractivity contribution >= 4 is 22.6 Å². The number of rotatable bonds is 3. The van der Waals surface area contributed by atoms with Gasteiger partial charge in [-0.25, -0.2) is 0 Å². The number of amides is 1. The first-order valence-electron chi connectivity index (χ1n) is 6.90. The molecule has 0 aliphatic rings. The molecule has 2 heterocycles. The van der Waals surface area contributed by atoms with Crippen LogP contribution in [0.25, 0.3) is 11.0 Å². The molecule has 0 fully saturated rings. The van der Waals surface area contributed by atoms with Crippen LogP contribution in [0.1, 0.15) is 10.6 Å². The van der Waals surface area contributed by atoms with Crippen LogP contribution in [-0.2, 0) is 6.54 Å². The first-order valence-corrected chi connectivity index (χ1v) is 6.90. The molecule has 3 aromatic rings. The van der Waals surface area contributed by atoms with Gasteiger partial charge in [0.2, 0.25) is 0 Å². The molecule has 0 spiro atoms. The molecular formula is C16H11F3N2O3. The minimum atomic E-state index is -4.54. The maximum Gasteiger partial charge on any atom is 0.406 e. The van der Waals surface area contributed by atoms with E-state index in [0.717, 1.165) is 6.20 Å². The predicted octanol–water partition coefficient (Wildman–Crippen LogP) is 3.41. The molecule has 1 aromatic carbocycles. The third kappa shape index (κ3) is 3.32. The summed E-state index contributed by atoms with van der Waals surface area (Å²) in [4.78, 5) is 24.2. The molecule has 1 amide bonds. The number of nitrogens with one attached hydrogen (secondary N) is 1. The van der Waals surface area contributed by atoms with E-state index in [1.807, 2.05) is 0 Å². The van der Waals surface area contributed by atoms with Crippen LogP contribution in [0.4, 0.5) is 18.9 Å². The number of benzene rings is 1. The highest BCUT2D eigenvalue weighted by Crippen LogP contribution is 2.20. The summed E-state index contributed by atoms with van der Waals surface area (Å²) >= 11 is 0. The fourth-order valence-corrected chi connectivity index (χ4v) is 2.23. The number of furan rings is 1. The summed E-state index contributed by atoms with van der Waals surface area (Å²) in [5.74, 6) is -0.755. The Morgan fingerprint density at radius 2 is 1.92 bits per heavy atom. The summed E-state index contributed by atoms with van der Waals surface area (Å²) in [7, 11) is 0. The van der Waals surface area contributed by atoms with Crippen molar-refractivity contribution in [1.29, 1.82) is 0 Å². The van der Waals surface area contributed by atoms with Gasteiger partial charge in [-0.3, -0.25) is 9.59 Å². The largest absolute Gasteiger partial charge is 0.451 e. The lowest BCUT2D eigenvalue weighted by molar-refractivity contribution is -0.141. The van der Waals surface area contributed by atoms with Crippen LogP contribution < -0.4 is 10.9 Å². The van der Waals surface area contributed by atoms with E-state index in [9.17, 15) is 22.8 Å². The van der Waals surface area contributed by atoms with Crippen LogP contribution >= 0.6 is 0 Å². The topological polar surface area (TPSA) is 64.2 Å². The minimum Gasteiger partial charge on any atom is -0.451 e. The summed E-state index contributed by atoms with van der Waals surface area (Å²) in [6.45, 7) is -1.43. The van der Waals surface area contributed by atoms with Crippen LogP contribution in [0.5, 0.6) is 0 Å². The number of carbonyl (C=O) groups is 1. The van der Waals surface area contributed by atoms with Crippen LogP contribution in [0.15, 0.2) is 57.9 Å². The van der Waals surface area contributed by atoms with E-state index < -0.39 is 24.2 Å². The Balaban J connectivity index is 1.86.